The Morgan fingerprint density at radius 3 is 2.67 bits per heavy atom. The maximum absolute atomic E-state index is 5.23. The van der Waals surface area contributed by atoms with Crippen LogP contribution in [-0.4, -0.2) is 47.2 Å². The quantitative estimate of drug-likeness (QED) is 0.462. The van der Waals surface area contributed by atoms with E-state index in [0.717, 1.165) is 31.4 Å². The number of guanidine groups is 1. The number of rotatable bonds is 5. The summed E-state index contributed by atoms with van der Waals surface area (Å²) in [4.78, 5) is 11.3. The Morgan fingerprint density at radius 2 is 2.10 bits per heavy atom. The van der Waals surface area contributed by atoms with Crippen LogP contribution in [0, 0.1) is 0 Å². The lowest BCUT2D eigenvalue weighted by Crippen LogP contribution is -2.39. The molecule has 0 saturated carbocycles. The lowest BCUT2D eigenvalue weighted by molar-refractivity contribution is 0.372. The van der Waals surface area contributed by atoms with Crippen LogP contribution < -0.4 is 5.32 Å². The number of aliphatic imine (C=N–C) groups is 1. The summed E-state index contributed by atoms with van der Waals surface area (Å²) in [6.07, 6.45) is 3.21. The predicted octanol–water partition coefficient (Wildman–Crippen LogP) is 2.41. The lowest BCUT2D eigenvalue weighted by atomic mass is 10.2. The molecule has 0 amide bonds. The average molecular weight is 407 g/mol. The van der Waals surface area contributed by atoms with E-state index in [1.807, 2.05) is 0 Å². The average Bonchev–Trinajstić information content (AvgIpc) is 3.09. The molecule has 1 aliphatic heterocycles. The lowest BCUT2D eigenvalue weighted by Gasteiger charge is -2.20. The Labute approximate surface area is 143 Å². The molecule has 0 radical (unpaired) electrons. The van der Waals surface area contributed by atoms with Crippen LogP contribution in [0.1, 0.15) is 51.2 Å². The highest BCUT2D eigenvalue weighted by Gasteiger charge is 2.15. The first-order valence-electron chi connectivity index (χ1n) is 7.56. The summed E-state index contributed by atoms with van der Waals surface area (Å²) in [5.41, 5.74) is 0. The van der Waals surface area contributed by atoms with Crippen molar-refractivity contribution in [1.29, 1.82) is 0 Å². The summed E-state index contributed by atoms with van der Waals surface area (Å²) in [5, 5.41) is 7.31. The van der Waals surface area contributed by atoms with Crippen LogP contribution in [0.3, 0.4) is 0 Å². The van der Waals surface area contributed by atoms with Crippen LogP contribution in [0.5, 0.6) is 0 Å². The summed E-state index contributed by atoms with van der Waals surface area (Å²) >= 11 is 0. The van der Waals surface area contributed by atoms with Crippen molar-refractivity contribution < 1.29 is 4.52 Å². The molecule has 120 valence electrons. The van der Waals surface area contributed by atoms with Crippen LogP contribution in [0.25, 0.3) is 0 Å². The molecule has 6 nitrogen and oxygen atoms in total. The summed E-state index contributed by atoms with van der Waals surface area (Å²) in [6, 6.07) is 0. The molecule has 2 heterocycles. The number of aromatic nitrogens is 2. The fourth-order valence-corrected chi connectivity index (χ4v) is 2.22. The van der Waals surface area contributed by atoms with Gasteiger partial charge in [0.2, 0.25) is 5.89 Å². The van der Waals surface area contributed by atoms with Gasteiger partial charge >= 0.3 is 0 Å². The Hall–Kier alpha value is -0.860. The van der Waals surface area contributed by atoms with Gasteiger partial charge in [0.05, 0.1) is 6.54 Å². The van der Waals surface area contributed by atoms with Crippen LogP contribution >= 0.6 is 24.0 Å². The molecule has 0 unspecified atom stereocenters. The second-order valence-corrected chi connectivity index (χ2v) is 5.38. The second kappa shape index (κ2) is 9.22. The van der Waals surface area contributed by atoms with E-state index in [0.29, 0.717) is 24.8 Å². The van der Waals surface area contributed by atoms with Crippen molar-refractivity contribution in [3.63, 3.8) is 0 Å². The molecule has 1 saturated heterocycles. The molecule has 1 aliphatic rings. The smallest absolute Gasteiger partial charge is 0.228 e. The fraction of sp³-hybridized carbons (Fsp3) is 0.786. The van der Waals surface area contributed by atoms with E-state index >= 15 is 0 Å². The minimum atomic E-state index is 0. The van der Waals surface area contributed by atoms with E-state index in [9.17, 15) is 0 Å². The van der Waals surface area contributed by atoms with Gasteiger partial charge in [0.1, 0.15) is 0 Å². The highest BCUT2D eigenvalue weighted by molar-refractivity contribution is 14.0. The van der Waals surface area contributed by atoms with Gasteiger partial charge in [-0.2, -0.15) is 4.98 Å². The van der Waals surface area contributed by atoms with E-state index in [1.165, 1.54) is 12.8 Å². The first-order valence-corrected chi connectivity index (χ1v) is 7.56. The largest absolute Gasteiger partial charge is 0.357 e. The molecule has 0 spiro atoms. The van der Waals surface area contributed by atoms with Crippen LogP contribution in [0.2, 0.25) is 0 Å². The Balaban J connectivity index is 0.00000220. The monoisotopic (exact) mass is 407 g/mol. The van der Waals surface area contributed by atoms with Gasteiger partial charge in [-0.15, -0.1) is 24.0 Å². The highest BCUT2D eigenvalue weighted by atomic mass is 127. The number of hydrogen-bond donors (Lipinski definition) is 1. The summed E-state index contributed by atoms with van der Waals surface area (Å²) in [5.74, 6) is 2.76. The molecule has 7 heteroatoms. The molecule has 1 fully saturated rings. The first-order chi connectivity index (χ1) is 9.70. The fourth-order valence-electron chi connectivity index (χ4n) is 2.22. The van der Waals surface area contributed by atoms with E-state index in [4.69, 9.17) is 4.52 Å². The molecule has 1 N–H and O–H groups in total. The highest BCUT2D eigenvalue weighted by Crippen LogP contribution is 2.10. The van der Waals surface area contributed by atoms with E-state index in [2.05, 4.69) is 46.1 Å². The summed E-state index contributed by atoms with van der Waals surface area (Å²) in [6.45, 7) is 9.99. The van der Waals surface area contributed by atoms with Crippen molar-refractivity contribution in [2.45, 2.75) is 46.0 Å². The zero-order valence-corrected chi connectivity index (χ0v) is 15.5. The minimum absolute atomic E-state index is 0. The Bertz CT molecular complexity index is 440. The van der Waals surface area contributed by atoms with Gasteiger partial charge in [0.15, 0.2) is 11.8 Å². The van der Waals surface area contributed by atoms with Gasteiger partial charge in [-0.25, -0.2) is 0 Å². The van der Waals surface area contributed by atoms with E-state index in [1.54, 1.807) is 0 Å². The van der Waals surface area contributed by atoms with Crippen LogP contribution in [0.4, 0.5) is 0 Å². The standard InChI is InChI=1S/C14H25N5O.HI/c1-4-15-14(19-9-5-6-10-19)16-8-7-12-17-13(11(2)3)18-20-12;/h11H,4-10H2,1-3H3,(H,15,16);1H. The molecule has 0 aliphatic carbocycles. The number of hydrogen-bond acceptors (Lipinski definition) is 4. The number of nitrogens with zero attached hydrogens (tertiary/aromatic N) is 4. The third-order valence-electron chi connectivity index (χ3n) is 3.33. The molecular weight excluding hydrogens is 381 g/mol. The van der Waals surface area contributed by atoms with Crippen molar-refractivity contribution in [3.8, 4) is 0 Å². The maximum atomic E-state index is 5.23. The number of halogens is 1. The predicted molar refractivity (Wildman–Crippen MR) is 94.3 cm³/mol. The molecule has 2 rings (SSSR count). The van der Waals surface area contributed by atoms with Crippen molar-refractivity contribution in [2.75, 3.05) is 26.2 Å². The van der Waals surface area contributed by atoms with Gasteiger partial charge in [0, 0.05) is 32.0 Å². The van der Waals surface area contributed by atoms with Crippen LogP contribution in [0.15, 0.2) is 9.52 Å². The molecule has 1 aromatic heterocycles. The Kier molecular flexibility index (Phi) is 7.98. The van der Waals surface area contributed by atoms with Gasteiger partial charge in [-0.1, -0.05) is 19.0 Å². The normalized spacial score (nSPS) is 15.4. The zero-order chi connectivity index (χ0) is 14.4. The van der Waals surface area contributed by atoms with Crippen molar-refractivity contribution >= 4 is 29.9 Å². The topological polar surface area (TPSA) is 66.5 Å². The molecule has 0 aromatic carbocycles. The third kappa shape index (κ3) is 5.44. The van der Waals surface area contributed by atoms with Gasteiger partial charge in [-0.05, 0) is 19.8 Å². The zero-order valence-electron chi connectivity index (χ0n) is 13.1. The van der Waals surface area contributed by atoms with Gasteiger partial charge in [0.25, 0.3) is 0 Å². The third-order valence-corrected chi connectivity index (χ3v) is 3.33. The molecule has 1 aromatic rings. The maximum Gasteiger partial charge on any atom is 0.228 e. The van der Waals surface area contributed by atoms with Gasteiger partial charge in [-0.3, -0.25) is 4.99 Å². The second-order valence-electron chi connectivity index (χ2n) is 5.38. The molecule has 0 atom stereocenters. The Morgan fingerprint density at radius 1 is 1.38 bits per heavy atom. The van der Waals surface area contributed by atoms with E-state index < -0.39 is 0 Å². The molecule has 21 heavy (non-hydrogen) atoms. The molecule has 0 bridgehead atoms. The SMILES string of the molecule is CCNC(=NCCc1nc(C(C)C)no1)N1CCCC1.I. The van der Waals surface area contributed by atoms with Gasteiger partial charge < -0.3 is 14.7 Å². The van der Waals surface area contributed by atoms with Crippen molar-refractivity contribution in [2.24, 2.45) is 4.99 Å². The summed E-state index contributed by atoms with van der Waals surface area (Å²) < 4.78 is 5.23. The number of likely N-dealkylation sites (tertiary alicyclic amines) is 1. The first kappa shape index (κ1) is 18.2. The van der Waals surface area contributed by atoms with Crippen LogP contribution in [-0.2, 0) is 6.42 Å². The molecular formula is C14H26IN5O. The minimum Gasteiger partial charge on any atom is -0.357 e. The van der Waals surface area contributed by atoms with Crippen molar-refractivity contribution in [1.82, 2.24) is 20.4 Å². The van der Waals surface area contributed by atoms with E-state index in [-0.39, 0.29) is 24.0 Å². The van der Waals surface area contributed by atoms with Crippen molar-refractivity contribution in [3.05, 3.63) is 11.7 Å². The number of nitrogens with one attached hydrogen (secondary N) is 1. The summed E-state index contributed by atoms with van der Waals surface area (Å²) in [7, 11) is 0.